The van der Waals surface area contributed by atoms with Crippen molar-refractivity contribution in [1.82, 2.24) is 0 Å². The van der Waals surface area contributed by atoms with Crippen LogP contribution in [0.4, 0.5) is 0 Å². The second-order valence-corrected chi connectivity index (χ2v) is 11.0. The molecule has 1 heterocycles. The number of esters is 2. The molecule has 3 fully saturated rings. The van der Waals surface area contributed by atoms with E-state index in [2.05, 4.69) is 6.92 Å². The Morgan fingerprint density at radius 3 is 2.77 bits per heavy atom. The van der Waals surface area contributed by atoms with Crippen LogP contribution < -0.4 is 0 Å². The second kappa shape index (κ2) is 8.34. The zero-order valence-corrected chi connectivity index (χ0v) is 20.1. The molecule has 7 atom stereocenters. The number of carbonyl (C=O) groups is 3. The van der Waals surface area contributed by atoms with Gasteiger partial charge in [0.25, 0.3) is 0 Å². The summed E-state index contributed by atoms with van der Waals surface area (Å²) in [5.74, 6) is -1.32. The Morgan fingerprint density at radius 1 is 1.26 bits per heavy atom. The maximum atomic E-state index is 13.5. The third-order valence-electron chi connectivity index (χ3n) is 9.60. The van der Waals surface area contributed by atoms with Crippen LogP contribution in [0.5, 0.6) is 0 Å². The van der Waals surface area contributed by atoms with Crippen molar-refractivity contribution in [1.29, 1.82) is 5.26 Å². The maximum absolute atomic E-state index is 13.5. The van der Waals surface area contributed by atoms with Gasteiger partial charge in [-0.3, -0.25) is 4.79 Å². The molecule has 0 amide bonds. The van der Waals surface area contributed by atoms with Crippen molar-refractivity contribution in [2.45, 2.75) is 70.5 Å². The van der Waals surface area contributed by atoms with Crippen molar-refractivity contribution in [3.8, 4) is 6.07 Å². The van der Waals surface area contributed by atoms with E-state index in [9.17, 15) is 19.5 Å². The molecule has 3 saturated carbocycles. The summed E-state index contributed by atoms with van der Waals surface area (Å²) in [6.07, 6.45) is 6.29. The highest BCUT2D eigenvalue weighted by atomic mass is 16.6. The van der Waals surface area contributed by atoms with E-state index in [0.29, 0.717) is 19.3 Å². The molecule has 8 heteroatoms. The van der Waals surface area contributed by atoms with Gasteiger partial charge in [0.1, 0.15) is 6.07 Å². The third-order valence-corrected chi connectivity index (χ3v) is 9.60. The van der Waals surface area contributed by atoms with E-state index in [0.717, 1.165) is 18.4 Å². The van der Waals surface area contributed by atoms with E-state index >= 15 is 0 Å². The number of carbonyl (C=O) groups excluding carboxylic acids is 3. The molecule has 0 bridgehead atoms. The molecule has 4 aliphatic rings. The quantitative estimate of drug-likeness (QED) is 0.644. The number of allylic oxidation sites excluding steroid dienone is 1. The first kappa shape index (κ1) is 23.8. The van der Waals surface area contributed by atoms with E-state index in [1.54, 1.807) is 12.1 Å². The third kappa shape index (κ3) is 3.39. The van der Waals surface area contributed by atoms with Crippen LogP contribution in [-0.2, 0) is 19.1 Å². The standard InChI is InChI=1S/C27H31NO7/c1-25-9-7-17(29)14-16(25)5-6-18-19-8-10-27(24(32)34-13-11-28,26(19,2)15-20(30)22(18)25)35-23(31)21-4-3-12-33-21/h3-4,12,14,18-20,22,30H,5-10,13,15H2,1-2H3. The summed E-state index contributed by atoms with van der Waals surface area (Å²) in [4.78, 5) is 38.6. The van der Waals surface area contributed by atoms with Crippen molar-refractivity contribution >= 4 is 17.7 Å². The number of aliphatic hydroxyl groups is 1. The van der Waals surface area contributed by atoms with Crippen molar-refractivity contribution in [3.63, 3.8) is 0 Å². The lowest BCUT2D eigenvalue weighted by molar-refractivity contribution is -0.199. The summed E-state index contributed by atoms with van der Waals surface area (Å²) in [5.41, 5.74) is -1.66. The van der Waals surface area contributed by atoms with Gasteiger partial charge in [-0.05, 0) is 79.9 Å². The lowest BCUT2D eigenvalue weighted by atomic mass is 9.45. The summed E-state index contributed by atoms with van der Waals surface area (Å²) in [5, 5.41) is 20.6. The first-order valence-corrected chi connectivity index (χ1v) is 12.4. The molecule has 7 unspecified atom stereocenters. The van der Waals surface area contributed by atoms with Crippen LogP contribution >= 0.6 is 0 Å². The smallest absolute Gasteiger partial charge is 0.375 e. The summed E-state index contributed by atoms with van der Waals surface area (Å²) in [6, 6.07) is 4.85. The predicted molar refractivity (Wildman–Crippen MR) is 122 cm³/mol. The minimum Gasteiger partial charge on any atom is -0.457 e. The number of ether oxygens (including phenoxy) is 2. The van der Waals surface area contributed by atoms with Gasteiger partial charge in [-0.2, -0.15) is 5.26 Å². The fourth-order valence-corrected chi connectivity index (χ4v) is 8.04. The first-order chi connectivity index (χ1) is 16.7. The van der Waals surface area contributed by atoms with Crippen LogP contribution in [0.3, 0.4) is 0 Å². The maximum Gasteiger partial charge on any atom is 0.375 e. The van der Waals surface area contributed by atoms with Crippen molar-refractivity contribution in [2.75, 3.05) is 6.61 Å². The van der Waals surface area contributed by atoms with E-state index in [1.807, 2.05) is 13.0 Å². The van der Waals surface area contributed by atoms with Gasteiger partial charge < -0.3 is 19.0 Å². The average molecular weight is 482 g/mol. The van der Waals surface area contributed by atoms with Crippen molar-refractivity contribution < 1.29 is 33.4 Å². The normalized spacial score (nSPS) is 39.9. The molecule has 0 spiro atoms. The van der Waals surface area contributed by atoms with E-state index in [-0.39, 0.29) is 47.6 Å². The monoisotopic (exact) mass is 481 g/mol. The fraction of sp³-hybridized carbons (Fsp3) is 0.630. The lowest BCUT2D eigenvalue weighted by Gasteiger charge is -2.60. The number of fused-ring (bicyclic) bond motifs is 5. The predicted octanol–water partition coefficient (Wildman–Crippen LogP) is 3.74. The van der Waals surface area contributed by atoms with Gasteiger partial charge in [-0.25, -0.2) is 9.59 Å². The molecule has 5 rings (SSSR count). The molecular weight excluding hydrogens is 450 g/mol. The first-order valence-electron chi connectivity index (χ1n) is 12.4. The molecule has 8 nitrogen and oxygen atoms in total. The minimum atomic E-state index is -1.64. The van der Waals surface area contributed by atoms with Crippen LogP contribution in [0, 0.1) is 39.9 Å². The van der Waals surface area contributed by atoms with Gasteiger partial charge >= 0.3 is 11.9 Å². The highest BCUT2D eigenvalue weighted by Crippen LogP contribution is 2.68. The lowest BCUT2D eigenvalue weighted by Crippen LogP contribution is -2.63. The number of hydrogen-bond donors (Lipinski definition) is 1. The zero-order valence-electron chi connectivity index (χ0n) is 20.1. The summed E-state index contributed by atoms with van der Waals surface area (Å²) < 4.78 is 16.4. The van der Waals surface area contributed by atoms with Crippen LogP contribution in [0.15, 0.2) is 34.5 Å². The number of nitriles is 1. The molecule has 4 aliphatic carbocycles. The number of ketones is 1. The largest absolute Gasteiger partial charge is 0.457 e. The van der Waals surface area contributed by atoms with Crippen molar-refractivity contribution in [3.05, 3.63) is 35.8 Å². The highest BCUT2D eigenvalue weighted by molar-refractivity contribution is 5.92. The van der Waals surface area contributed by atoms with Crippen LogP contribution in [-0.4, -0.2) is 41.1 Å². The highest BCUT2D eigenvalue weighted by Gasteiger charge is 2.71. The Bertz CT molecular complexity index is 1120. The van der Waals surface area contributed by atoms with E-state index in [1.165, 1.54) is 12.3 Å². The Morgan fingerprint density at radius 2 is 2.06 bits per heavy atom. The van der Waals surface area contributed by atoms with Gasteiger partial charge in [0.2, 0.25) is 11.4 Å². The molecule has 186 valence electrons. The Kier molecular flexibility index (Phi) is 5.67. The summed E-state index contributed by atoms with van der Waals surface area (Å²) in [7, 11) is 0. The molecular formula is C27H31NO7. The molecule has 0 aromatic carbocycles. The number of hydrogen-bond acceptors (Lipinski definition) is 8. The minimum absolute atomic E-state index is 0.00550. The van der Waals surface area contributed by atoms with Gasteiger partial charge in [0.05, 0.1) is 12.4 Å². The second-order valence-electron chi connectivity index (χ2n) is 11.0. The molecule has 0 saturated heterocycles. The fourth-order valence-electron chi connectivity index (χ4n) is 8.04. The van der Waals surface area contributed by atoms with E-state index < -0.39 is 35.7 Å². The number of nitrogens with zero attached hydrogens (tertiary/aromatic N) is 1. The number of rotatable bonds is 4. The van der Waals surface area contributed by atoms with Crippen LogP contribution in [0.1, 0.15) is 69.3 Å². The van der Waals surface area contributed by atoms with Gasteiger partial charge in [-0.1, -0.05) is 19.4 Å². The molecule has 0 aliphatic heterocycles. The van der Waals surface area contributed by atoms with Crippen molar-refractivity contribution in [2.24, 2.45) is 28.6 Å². The summed E-state index contributed by atoms with van der Waals surface area (Å²) in [6.45, 7) is 3.62. The Hall–Kier alpha value is -2.92. The van der Waals surface area contributed by atoms with Gasteiger partial charge in [-0.15, -0.1) is 0 Å². The molecule has 35 heavy (non-hydrogen) atoms. The SMILES string of the molecule is CC12CCC(=O)C=C1CCC1C2C(O)CC2(C)C1CCC2(OC(=O)c1ccco1)C(=O)OCC#N. The topological polar surface area (TPSA) is 127 Å². The Balaban J connectivity index is 1.53. The van der Waals surface area contributed by atoms with Gasteiger partial charge in [0.15, 0.2) is 12.4 Å². The molecule has 1 aromatic rings. The molecule has 0 radical (unpaired) electrons. The number of furan rings is 1. The average Bonchev–Trinajstić information content (AvgIpc) is 3.45. The summed E-state index contributed by atoms with van der Waals surface area (Å²) >= 11 is 0. The van der Waals surface area contributed by atoms with Crippen LogP contribution in [0.2, 0.25) is 0 Å². The molecule has 1 N–H and O–H groups in total. The van der Waals surface area contributed by atoms with Gasteiger partial charge in [0, 0.05) is 11.8 Å². The number of aliphatic hydroxyl groups excluding tert-OH is 1. The van der Waals surface area contributed by atoms with E-state index in [4.69, 9.17) is 19.2 Å². The molecule has 1 aromatic heterocycles. The van der Waals surface area contributed by atoms with Crippen LogP contribution in [0.25, 0.3) is 0 Å². The zero-order chi connectivity index (χ0) is 25.0. The Labute approximate surface area is 204 Å².